The second-order valence-electron chi connectivity index (χ2n) is 4.06. The van der Waals surface area contributed by atoms with Gasteiger partial charge in [-0.25, -0.2) is 4.98 Å². The summed E-state index contributed by atoms with van der Waals surface area (Å²) in [4.78, 5) is 5.53. The number of benzene rings is 1. The van der Waals surface area contributed by atoms with Crippen molar-refractivity contribution in [2.75, 3.05) is 0 Å². The summed E-state index contributed by atoms with van der Waals surface area (Å²) in [6, 6.07) is 7.53. The molecule has 2 N–H and O–H groups in total. The van der Waals surface area contributed by atoms with Crippen LogP contribution in [0.5, 0.6) is 5.75 Å². The first-order chi connectivity index (χ1) is 8.15. The zero-order chi connectivity index (χ0) is 12.3. The SMILES string of the molecule is Cc1cnc(CNC(C)c2cccc(O)c2)s1. The monoisotopic (exact) mass is 248 g/mol. The van der Waals surface area contributed by atoms with Gasteiger partial charge in [-0.1, -0.05) is 12.1 Å². The Labute approximate surface area is 105 Å². The lowest BCUT2D eigenvalue weighted by Gasteiger charge is -2.13. The number of nitrogens with one attached hydrogen (secondary N) is 1. The van der Waals surface area contributed by atoms with Crippen LogP contribution in [0.1, 0.15) is 28.4 Å². The molecule has 17 heavy (non-hydrogen) atoms. The lowest BCUT2D eigenvalue weighted by atomic mass is 10.1. The first kappa shape index (κ1) is 12.1. The molecule has 2 aromatic rings. The standard InChI is InChI=1S/C13H16N2OS/c1-9-7-15-13(17-9)8-14-10(2)11-4-3-5-12(16)6-11/h3-7,10,14,16H,8H2,1-2H3. The van der Waals surface area contributed by atoms with Gasteiger partial charge in [-0.05, 0) is 31.5 Å². The van der Waals surface area contributed by atoms with Gasteiger partial charge in [0.15, 0.2) is 0 Å². The Balaban J connectivity index is 1.95. The van der Waals surface area contributed by atoms with Crippen molar-refractivity contribution in [1.29, 1.82) is 0 Å². The fourth-order valence-electron chi connectivity index (χ4n) is 1.64. The second kappa shape index (κ2) is 5.29. The first-order valence-corrected chi connectivity index (χ1v) is 6.40. The zero-order valence-electron chi connectivity index (χ0n) is 9.97. The van der Waals surface area contributed by atoms with E-state index in [1.54, 1.807) is 23.5 Å². The van der Waals surface area contributed by atoms with Crippen LogP contribution in [0.4, 0.5) is 0 Å². The fourth-order valence-corrected chi connectivity index (χ4v) is 2.37. The molecule has 0 radical (unpaired) electrons. The number of aromatic hydroxyl groups is 1. The van der Waals surface area contributed by atoms with E-state index in [9.17, 15) is 5.11 Å². The van der Waals surface area contributed by atoms with Crippen LogP contribution in [0.25, 0.3) is 0 Å². The Morgan fingerprint density at radius 3 is 2.94 bits per heavy atom. The fraction of sp³-hybridized carbons (Fsp3) is 0.308. The Bertz CT molecular complexity index is 496. The Morgan fingerprint density at radius 1 is 1.47 bits per heavy atom. The normalized spacial score (nSPS) is 12.6. The molecular weight excluding hydrogens is 232 g/mol. The highest BCUT2D eigenvalue weighted by atomic mass is 32.1. The maximum atomic E-state index is 9.41. The highest BCUT2D eigenvalue weighted by Crippen LogP contribution is 2.19. The molecule has 1 unspecified atom stereocenters. The van der Waals surface area contributed by atoms with Crippen molar-refractivity contribution in [1.82, 2.24) is 10.3 Å². The van der Waals surface area contributed by atoms with Gasteiger partial charge in [-0.15, -0.1) is 11.3 Å². The smallest absolute Gasteiger partial charge is 0.115 e. The van der Waals surface area contributed by atoms with E-state index in [1.807, 2.05) is 18.3 Å². The van der Waals surface area contributed by atoms with Crippen molar-refractivity contribution < 1.29 is 5.11 Å². The van der Waals surface area contributed by atoms with E-state index in [1.165, 1.54) is 4.88 Å². The summed E-state index contributed by atoms with van der Waals surface area (Å²) in [7, 11) is 0. The van der Waals surface area contributed by atoms with Crippen LogP contribution in [0.2, 0.25) is 0 Å². The average Bonchev–Trinajstić information content (AvgIpc) is 2.72. The van der Waals surface area contributed by atoms with E-state index in [2.05, 4.69) is 24.1 Å². The number of aryl methyl sites for hydroxylation is 1. The number of nitrogens with zero attached hydrogens (tertiary/aromatic N) is 1. The summed E-state index contributed by atoms with van der Waals surface area (Å²) >= 11 is 1.71. The van der Waals surface area contributed by atoms with Gasteiger partial charge in [0.25, 0.3) is 0 Å². The number of phenols is 1. The molecule has 0 bridgehead atoms. The Kier molecular flexibility index (Phi) is 3.76. The number of rotatable bonds is 4. The maximum Gasteiger partial charge on any atom is 0.115 e. The first-order valence-electron chi connectivity index (χ1n) is 5.59. The van der Waals surface area contributed by atoms with E-state index < -0.39 is 0 Å². The third-order valence-corrected chi connectivity index (χ3v) is 3.51. The van der Waals surface area contributed by atoms with Gasteiger partial charge in [-0.2, -0.15) is 0 Å². The minimum Gasteiger partial charge on any atom is -0.508 e. The molecular formula is C13H16N2OS. The van der Waals surface area contributed by atoms with Crippen LogP contribution in [-0.2, 0) is 6.54 Å². The molecule has 3 nitrogen and oxygen atoms in total. The van der Waals surface area contributed by atoms with E-state index in [0.29, 0.717) is 5.75 Å². The quantitative estimate of drug-likeness (QED) is 0.874. The van der Waals surface area contributed by atoms with Crippen LogP contribution in [0.15, 0.2) is 30.5 Å². The van der Waals surface area contributed by atoms with E-state index in [0.717, 1.165) is 17.1 Å². The predicted molar refractivity (Wildman–Crippen MR) is 70.2 cm³/mol. The molecule has 0 aliphatic heterocycles. The van der Waals surface area contributed by atoms with Crippen LogP contribution in [-0.4, -0.2) is 10.1 Å². The molecule has 90 valence electrons. The predicted octanol–water partition coefficient (Wildman–Crippen LogP) is 3.01. The third kappa shape index (κ3) is 3.28. The minimum absolute atomic E-state index is 0.200. The van der Waals surface area contributed by atoms with Crippen molar-refractivity contribution >= 4 is 11.3 Å². The van der Waals surface area contributed by atoms with Crippen LogP contribution in [0, 0.1) is 6.92 Å². The Morgan fingerprint density at radius 2 is 2.29 bits per heavy atom. The summed E-state index contributed by atoms with van der Waals surface area (Å²) in [5.41, 5.74) is 1.08. The molecule has 1 aromatic heterocycles. The van der Waals surface area contributed by atoms with Gasteiger partial charge < -0.3 is 10.4 Å². The molecule has 0 aliphatic rings. The van der Waals surface area contributed by atoms with E-state index >= 15 is 0 Å². The lowest BCUT2D eigenvalue weighted by Crippen LogP contribution is -2.17. The van der Waals surface area contributed by atoms with Crippen molar-refractivity contribution in [2.45, 2.75) is 26.4 Å². The van der Waals surface area contributed by atoms with Crippen molar-refractivity contribution in [3.8, 4) is 5.75 Å². The van der Waals surface area contributed by atoms with Crippen LogP contribution in [0.3, 0.4) is 0 Å². The molecule has 0 saturated heterocycles. The molecule has 0 saturated carbocycles. The number of phenolic OH excluding ortho intramolecular Hbond substituents is 1. The van der Waals surface area contributed by atoms with Gasteiger partial charge in [0.05, 0.1) is 0 Å². The largest absolute Gasteiger partial charge is 0.508 e. The zero-order valence-corrected chi connectivity index (χ0v) is 10.8. The van der Waals surface area contributed by atoms with Crippen LogP contribution >= 0.6 is 11.3 Å². The highest BCUT2D eigenvalue weighted by molar-refractivity contribution is 7.11. The molecule has 1 heterocycles. The summed E-state index contributed by atoms with van der Waals surface area (Å²) in [5, 5.41) is 13.9. The van der Waals surface area contributed by atoms with Gasteiger partial charge in [0, 0.05) is 23.7 Å². The van der Waals surface area contributed by atoms with E-state index in [-0.39, 0.29) is 6.04 Å². The van der Waals surface area contributed by atoms with Crippen LogP contribution < -0.4 is 5.32 Å². The van der Waals surface area contributed by atoms with E-state index in [4.69, 9.17) is 0 Å². The summed E-state index contributed by atoms with van der Waals surface area (Å²) in [6.07, 6.45) is 1.89. The van der Waals surface area contributed by atoms with Gasteiger partial charge in [0.2, 0.25) is 0 Å². The molecule has 0 aliphatic carbocycles. The second-order valence-corrected chi connectivity index (χ2v) is 5.38. The molecule has 2 rings (SSSR count). The maximum absolute atomic E-state index is 9.41. The van der Waals surface area contributed by atoms with Gasteiger partial charge >= 0.3 is 0 Å². The third-order valence-electron chi connectivity index (χ3n) is 2.60. The summed E-state index contributed by atoms with van der Waals surface area (Å²) < 4.78 is 0. The minimum atomic E-state index is 0.200. The molecule has 0 spiro atoms. The van der Waals surface area contributed by atoms with Crippen molar-refractivity contribution in [3.05, 3.63) is 45.9 Å². The molecule has 0 amide bonds. The van der Waals surface area contributed by atoms with Gasteiger partial charge in [-0.3, -0.25) is 0 Å². The molecule has 4 heteroatoms. The lowest BCUT2D eigenvalue weighted by molar-refractivity contribution is 0.472. The highest BCUT2D eigenvalue weighted by Gasteiger charge is 2.06. The molecule has 1 atom stereocenters. The Hall–Kier alpha value is -1.39. The summed E-state index contributed by atoms with van der Waals surface area (Å²) in [5.74, 6) is 0.307. The average molecular weight is 248 g/mol. The number of hydrogen-bond acceptors (Lipinski definition) is 4. The van der Waals surface area contributed by atoms with Gasteiger partial charge in [0.1, 0.15) is 10.8 Å². The molecule has 0 fully saturated rings. The molecule has 1 aromatic carbocycles. The number of hydrogen-bond donors (Lipinski definition) is 2. The topological polar surface area (TPSA) is 45.2 Å². The van der Waals surface area contributed by atoms with Crippen molar-refractivity contribution in [2.24, 2.45) is 0 Å². The summed E-state index contributed by atoms with van der Waals surface area (Å²) in [6.45, 7) is 4.89. The number of thiazole rings is 1. The van der Waals surface area contributed by atoms with Crippen molar-refractivity contribution in [3.63, 3.8) is 0 Å². The number of aromatic nitrogens is 1.